The van der Waals surface area contributed by atoms with E-state index in [0.29, 0.717) is 11.4 Å². The monoisotopic (exact) mass is 368 g/mol. The van der Waals surface area contributed by atoms with E-state index in [-0.39, 0.29) is 28.4 Å². The van der Waals surface area contributed by atoms with Gasteiger partial charge in [-0.15, -0.1) is 0 Å². The van der Waals surface area contributed by atoms with Crippen molar-refractivity contribution in [1.82, 2.24) is 4.98 Å². The van der Waals surface area contributed by atoms with Gasteiger partial charge in [-0.05, 0) is 36.4 Å². The van der Waals surface area contributed by atoms with Crippen LogP contribution in [-0.4, -0.2) is 30.2 Å². The molecule has 0 saturated carbocycles. The molecule has 0 saturated heterocycles. The highest BCUT2D eigenvalue weighted by molar-refractivity contribution is 6.06. The highest BCUT2D eigenvalue weighted by atomic mass is 16.5. The third-order valence-electron chi connectivity index (χ3n) is 4.41. The number of aromatic amines is 1. The Balaban J connectivity index is 1.89. The van der Waals surface area contributed by atoms with Gasteiger partial charge in [0.25, 0.3) is 5.91 Å². The second-order valence-electron chi connectivity index (χ2n) is 7.42. The number of phenolic OH excluding ortho intramolecular Hbond substituents is 1. The number of aromatic nitrogens is 1. The van der Waals surface area contributed by atoms with E-state index in [1.807, 2.05) is 18.2 Å². The highest BCUT2D eigenvalue weighted by Crippen LogP contribution is 2.37. The van der Waals surface area contributed by atoms with Crippen molar-refractivity contribution in [1.29, 1.82) is 0 Å². The summed E-state index contributed by atoms with van der Waals surface area (Å²) in [4.78, 5) is 16.0. The number of fused-ring (bicyclic) bond motifs is 1. The van der Waals surface area contributed by atoms with Crippen molar-refractivity contribution in [2.75, 3.05) is 19.5 Å². The van der Waals surface area contributed by atoms with E-state index < -0.39 is 0 Å². The zero-order valence-corrected chi connectivity index (χ0v) is 16.1. The van der Waals surface area contributed by atoms with Gasteiger partial charge in [-0.25, -0.2) is 0 Å². The molecule has 0 radical (unpaired) electrons. The number of amides is 1. The SMILES string of the molecule is COc1cc(C(=O)Nc2ccc3[nH]c(C(C)(C)C)cc3c2)cc(O)c1OC. The molecule has 0 aliphatic heterocycles. The number of phenols is 1. The van der Waals surface area contributed by atoms with Crippen molar-refractivity contribution in [3.05, 3.63) is 47.7 Å². The van der Waals surface area contributed by atoms with E-state index in [1.54, 1.807) is 0 Å². The summed E-state index contributed by atoms with van der Waals surface area (Å²) in [5.74, 6) is -0.0221. The third-order valence-corrected chi connectivity index (χ3v) is 4.41. The molecule has 142 valence electrons. The van der Waals surface area contributed by atoms with Gasteiger partial charge in [0.2, 0.25) is 5.75 Å². The standard InChI is InChI=1S/C21H24N2O4/c1-21(2,3)18-11-12-8-14(6-7-15(12)23-18)22-20(25)13-9-16(24)19(27-5)17(10-13)26-4/h6-11,23-24H,1-5H3,(H,22,25). The van der Waals surface area contributed by atoms with Crippen LogP contribution in [0.4, 0.5) is 5.69 Å². The van der Waals surface area contributed by atoms with Crippen LogP contribution in [-0.2, 0) is 5.41 Å². The Morgan fingerprint density at radius 2 is 1.81 bits per heavy atom. The summed E-state index contributed by atoms with van der Waals surface area (Å²) >= 11 is 0. The predicted molar refractivity (Wildman–Crippen MR) is 106 cm³/mol. The van der Waals surface area contributed by atoms with E-state index in [0.717, 1.165) is 16.6 Å². The molecule has 3 N–H and O–H groups in total. The molecule has 0 aliphatic carbocycles. The summed E-state index contributed by atoms with van der Waals surface area (Å²) in [5, 5.41) is 13.9. The second-order valence-corrected chi connectivity index (χ2v) is 7.42. The molecule has 6 heteroatoms. The summed E-state index contributed by atoms with van der Waals surface area (Å²) < 4.78 is 10.3. The molecule has 27 heavy (non-hydrogen) atoms. The molecule has 0 aliphatic rings. The number of anilines is 1. The molecule has 0 fully saturated rings. The lowest BCUT2D eigenvalue weighted by atomic mass is 9.92. The summed E-state index contributed by atoms with van der Waals surface area (Å²) in [6.07, 6.45) is 0. The number of carbonyl (C=O) groups is 1. The number of methoxy groups -OCH3 is 2. The largest absolute Gasteiger partial charge is 0.504 e. The number of aromatic hydroxyl groups is 1. The zero-order chi connectivity index (χ0) is 19.8. The van der Waals surface area contributed by atoms with Crippen molar-refractivity contribution in [2.45, 2.75) is 26.2 Å². The van der Waals surface area contributed by atoms with Crippen molar-refractivity contribution < 1.29 is 19.4 Å². The van der Waals surface area contributed by atoms with Crippen molar-refractivity contribution >= 4 is 22.5 Å². The normalized spacial score (nSPS) is 11.4. The summed E-state index contributed by atoms with van der Waals surface area (Å²) in [7, 11) is 2.88. The van der Waals surface area contributed by atoms with Crippen LogP contribution in [0.15, 0.2) is 36.4 Å². The maximum atomic E-state index is 12.6. The molecule has 2 aromatic carbocycles. The molecule has 3 rings (SSSR count). The Labute approximate surface area is 158 Å². The first-order valence-corrected chi connectivity index (χ1v) is 8.62. The minimum absolute atomic E-state index is 0.0135. The Hall–Kier alpha value is -3.15. The Morgan fingerprint density at radius 3 is 2.44 bits per heavy atom. The van der Waals surface area contributed by atoms with Gasteiger partial charge in [-0.3, -0.25) is 4.79 Å². The van der Waals surface area contributed by atoms with E-state index in [9.17, 15) is 9.90 Å². The first kappa shape index (κ1) is 18.6. The van der Waals surface area contributed by atoms with Gasteiger partial charge in [0, 0.05) is 33.3 Å². The fraction of sp³-hybridized carbons (Fsp3) is 0.286. The molecule has 1 aromatic heterocycles. The minimum Gasteiger partial charge on any atom is -0.504 e. The number of carbonyl (C=O) groups excluding carboxylic acids is 1. The number of nitrogens with one attached hydrogen (secondary N) is 2. The van der Waals surface area contributed by atoms with Gasteiger partial charge in [-0.1, -0.05) is 20.8 Å². The smallest absolute Gasteiger partial charge is 0.255 e. The lowest BCUT2D eigenvalue weighted by molar-refractivity contribution is 0.102. The van der Waals surface area contributed by atoms with Gasteiger partial charge in [0.1, 0.15) is 0 Å². The van der Waals surface area contributed by atoms with E-state index in [4.69, 9.17) is 9.47 Å². The van der Waals surface area contributed by atoms with E-state index in [1.165, 1.54) is 26.4 Å². The van der Waals surface area contributed by atoms with E-state index in [2.05, 4.69) is 37.1 Å². The lowest BCUT2D eigenvalue weighted by Crippen LogP contribution is -2.12. The average Bonchev–Trinajstić information content (AvgIpc) is 3.04. The molecular weight excluding hydrogens is 344 g/mol. The van der Waals surface area contributed by atoms with Crippen LogP contribution in [0, 0.1) is 0 Å². The number of hydrogen-bond donors (Lipinski definition) is 3. The lowest BCUT2D eigenvalue weighted by Gasteiger charge is -2.15. The first-order chi connectivity index (χ1) is 12.7. The summed E-state index contributed by atoms with van der Waals surface area (Å²) in [6, 6.07) is 10.7. The summed E-state index contributed by atoms with van der Waals surface area (Å²) in [5.41, 5.74) is 3.10. The van der Waals surface area contributed by atoms with Crippen LogP contribution in [0.3, 0.4) is 0 Å². The van der Waals surface area contributed by atoms with Gasteiger partial charge < -0.3 is 24.9 Å². The van der Waals surface area contributed by atoms with Crippen LogP contribution in [0.25, 0.3) is 10.9 Å². The molecule has 0 atom stereocenters. The maximum absolute atomic E-state index is 12.6. The molecule has 1 amide bonds. The van der Waals surface area contributed by atoms with Crippen LogP contribution in [0.1, 0.15) is 36.8 Å². The van der Waals surface area contributed by atoms with Crippen molar-refractivity contribution in [2.24, 2.45) is 0 Å². The molecular formula is C21H24N2O4. The second kappa shape index (κ2) is 6.87. The van der Waals surface area contributed by atoms with Crippen LogP contribution in [0.2, 0.25) is 0 Å². The Bertz CT molecular complexity index is 999. The molecule has 1 heterocycles. The fourth-order valence-electron chi connectivity index (χ4n) is 2.89. The average molecular weight is 368 g/mol. The van der Waals surface area contributed by atoms with Crippen LogP contribution >= 0.6 is 0 Å². The summed E-state index contributed by atoms with van der Waals surface area (Å²) in [6.45, 7) is 6.43. The van der Waals surface area contributed by atoms with Crippen molar-refractivity contribution in [3.8, 4) is 17.2 Å². The number of ether oxygens (including phenoxy) is 2. The molecule has 6 nitrogen and oxygen atoms in total. The maximum Gasteiger partial charge on any atom is 0.255 e. The molecule has 3 aromatic rings. The van der Waals surface area contributed by atoms with Crippen molar-refractivity contribution in [3.63, 3.8) is 0 Å². The third kappa shape index (κ3) is 3.69. The number of benzene rings is 2. The zero-order valence-electron chi connectivity index (χ0n) is 16.1. The van der Waals surface area contributed by atoms with Gasteiger partial charge >= 0.3 is 0 Å². The topological polar surface area (TPSA) is 83.6 Å². The number of hydrogen-bond acceptors (Lipinski definition) is 4. The number of rotatable bonds is 4. The predicted octanol–water partition coefficient (Wildman–Crippen LogP) is 4.44. The molecule has 0 unspecified atom stereocenters. The highest BCUT2D eigenvalue weighted by Gasteiger charge is 2.18. The van der Waals surface area contributed by atoms with Gasteiger partial charge in [0.05, 0.1) is 14.2 Å². The van der Waals surface area contributed by atoms with Gasteiger partial charge in [-0.2, -0.15) is 0 Å². The van der Waals surface area contributed by atoms with Gasteiger partial charge in [0.15, 0.2) is 11.5 Å². The van der Waals surface area contributed by atoms with Crippen LogP contribution < -0.4 is 14.8 Å². The first-order valence-electron chi connectivity index (χ1n) is 8.62. The molecule has 0 bridgehead atoms. The quantitative estimate of drug-likeness (QED) is 0.636. The molecule has 0 spiro atoms. The van der Waals surface area contributed by atoms with Crippen LogP contribution in [0.5, 0.6) is 17.2 Å². The minimum atomic E-state index is -0.350. The number of H-pyrrole nitrogens is 1. The fourth-order valence-corrected chi connectivity index (χ4v) is 2.89. The Morgan fingerprint density at radius 1 is 1.07 bits per heavy atom. The van der Waals surface area contributed by atoms with E-state index >= 15 is 0 Å². The Kier molecular flexibility index (Phi) is 4.74.